The topological polar surface area (TPSA) is 67.9 Å². The summed E-state index contributed by atoms with van der Waals surface area (Å²) in [6.07, 6.45) is 3.90. The molecular formula is C19H28N2O4. The van der Waals surface area contributed by atoms with Crippen LogP contribution in [0.5, 0.6) is 11.5 Å². The molecule has 1 aliphatic rings. The lowest BCUT2D eigenvalue weighted by molar-refractivity contribution is -0.145. The molecule has 1 aromatic rings. The number of hydrogen-bond donors (Lipinski definition) is 1. The summed E-state index contributed by atoms with van der Waals surface area (Å²) in [4.78, 5) is 26.6. The first-order valence-electron chi connectivity index (χ1n) is 9.12. The Bertz CT molecular complexity index is 603. The van der Waals surface area contributed by atoms with E-state index in [-0.39, 0.29) is 6.04 Å². The summed E-state index contributed by atoms with van der Waals surface area (Å²) >= 11 is 0. The van der Waals surface area contributed by atoms with Gasteiger partial charge in [0.05, 0.1) is 13.2 Å². The first-order valence-corrected chi connectivity index (χ1v) is 9.12. The molecule has 2 rings (SSSR count). The molecule has 1 aliphatic heterocycles. The highest BCUT2D eigenvalue weighted by Crippen LogP contribution is 2.30. The normalized spacial score (nSPS) is 17.1. The zero-order valence-corrected chi connectivity index (χ0v) is 15.3. The Morgan fingerprint density at radius 2 is 1.84 bits per heavy atom. The number of hydrogen-bond acceptors (Lipinski definition) is 4. The largest absolute Gasteiger partial charge is 0.490 e. The summed E-state index contributed by atoms with van der Waals surface area (Å²) in [6, 6.07) is 5.30. The number of carbonyl (C=O) groups is 2. The Kier molecular flexibility index (Phi) is 7.10. The Balaban J connectivity index is 2.08. The average molecular weight is 348 g/mol. The van der Waals surface area contributed by atoms with E-state index in [2.05, 4.69) is 12.2 Å². The van der Waals surface area contributed by atoms with E-state index in [4.69, 9.17) is 9.47 Å². The number of likely N-dealkylation sites (tertiary alicyclic amines) is 1. The molecule has 1 fully saturated rings. The fourth-order valence-electron chi connectivity index (χ4n) is 3.14. The monoisotopic (exact) mass is 348 g/mol. The molecule has 1 aromatic carbocycles. The van der Waals surface area contributed by atoms with Gasteiger partial charge in [0.2, 0.25) is 0 Å². The lowest BCUT2D eigenvalue weighted by atomic mass is 10.00. The fourth-order valence-corrected chi connectivity index (χ4v) is 3.14. The predicted molar refractivity (Wildman–Crippen MR) is 97.1 cm³/mol. The number of anilines is 1. The van der Waals surface area contributed by atoms with E-state index in [0.29, 0.717) is 36.9 Å². The van der Waals surface area contributed by atoms with E-state index in [1.54, 1.807) is 23.1 Å². The van der Waals surface area contributed by atoms with Gasteiger partial charge in [-0.25, -0.2) is 0 Å². The SMILES string of the molecule is CCOc1ccc(NC(=O)C(=O)N2CCCCC2CC)cc1OCC. The lowest BCUT2D eigenvalue weighted by Gasteiger charge is -2.34. The molecule has 0 bridgehead atoms. The van der Waals surface area contributed by atoms with Crippen molar-refractivity contribution in [2.24, 2.45) is 0 Å². The van der Waals surface area contributed by atoms with Gasteiger partial charge < -0.3 is 19.7 Å². The Morgan fingerprint density at radius 3 is 2.52 bits per heavy atom. The lowest BCUT2D eigenvalue weighted by Crippen LogP contribution is -2.48. The van der Waals surface area contributed by atoms with Crippen LogP contribution in [0.25, 0.3) is 0 Å². The maximum Gasteiger partial charge on any atom is 0.313 e. The molecule has 0 saturated carbocycles. The van der Waals surface area contributed by atoms with Gasteiger partial charge in [0.1, 0.15) is 0 Å². The molecule has 0 aromatic heterocycles. The van der Waals surface area contributed by atoms with Crippen LogP contribution in [-0.2, 0) is 9.59 Å². The van der Waals surface area contributed by atoms with Crippen molar-refractivity contribution in [2.45, 2.75) is 52.5 Å². The molecule has 0 spiro atoms. The zero-order valence-electron chi connectivity index (χ0n) is 15.3. The summed E-state index contributed by atoms with van der Waals surface area (Å²) in [5.41, 5.74) is 0.523. The summed E-state index contributed by atoms with van der Waals surface area (Å²) in [6.45, 7) is 7.49. The molecule has 1 unspecified atom stereocenters. The minimum Gasteiger partial charge on any atom is -0.490 e. The number of carbonyl (C=O) groups excluding carboxylic acids is 2. The van der Waals surface area contributed by atoms with Crippen LogP contribution in [0.15, 0.2) is 18.2 Å². The maximum atomic E-state index is 12.5. The summed E-state index contributed by atoms with van der Waals surface area (Å²) in [5.74, 6) is 0.111. The van der Waals surface area contributed by atoms with Crippen molar-refractivity contribution in [3.8, 4) is 11.5 Å². The third kappa shape index (κ3) is 4.87. The third-order valence-electron chi connectivity index (χ3n) is 4.35. The van der Waals surface area contributed by atoms with Crippen molar-refractivity contribution in [2.75, 3.05) is 25.1 Å². The molecule has 1 saturated heterocycles. The first-order chi connectivity index (χ1) is 12.1. The highest BCUT2D eigenvalue weighted by Gasteiger charge is 2.29. The van der Waals surface area contributed by atoms with Gasteiger partial charge in [0.15, 0.2) is 11.5 Å². The minimum atomic E-state index is -0.605. The smallest absolute Gasteiger partial charge is 0.313 e. The van der Waals surface area contributed by atoms with Gasteiger partial charge in [-0.3, -0.25) is 9.59 Å². The number of rotatable bonds is 6. The predicted octanol–water partition coefficient (Wildman–Crippen LogP) is 3.21. The zero-order chi connectivity index (χ0) is 18.2. The molecule has 1 N–H and O–H groups in total. The summed E-state index contributed by atoms with van der Waals surface area (Å²) in [5, 5.41) is 2.69. The standard InChI is InChI=1S/C19H28N2O4/c1-4-15-9-7-8-12-21(15)19(23)18(22)20-14-10-11-16(24-5-2)17(13-14)25-6-3/h10-11,13,15H,4-9,12H2,1-3H3,(H,20,22). The molecule has 6 heteroatoms. The number of nitrogens with one attached hydrogen (secondary N) is 1. The number of benzene rings is 1. The van der Waals surface area contributed by atoms with Crippen LogP contribution < -0.4 is 14.8 Å². The van der Waals surface area contributed by atoms with Crippen LogP contribution in [0.1, 0.15) is 46.5 Å². The van der Waals surface area contributed by atoms with Crippen molar-refractivity contribution in [1.29, 1.82) is 0 Å². The van der Waals surface area contributed by atoms with Crippen LogP contribution in [0.4, 0.5) is 5.69 Å². The van der Waals surface area contributed by atoms with E-state index >= 15 is 0 Å². The molecule has 6 nitrogen and oxygen atoms in total. The molecule has 25 heavy (non-hydrogen) atoms. The second kappa shape index (κ2) is 9.30. The first kappa shape index (κ1) is 19.1. The van der Waals surface area contributed by atoms with Crippen LogP contribution in [0.2, 0.25) is 0 Å². The number of amides is 2. The highest BCUT2D eigenvalue weighted by molar-refractivity contribution is 6.39. The Hall–Kier alpha value is -2.24. The van der Waals surface area contributed by atoms with Crippen LogP contribution >= 0.6 is 0 Å². The number of ether oxygens (including phenoxy) is 2. The molecule has 1 atom stereocenters. The van der Waals surface area contributed by atoms with Crippen molar-refractivity contribution >= 4 is 17.5 Å². The van der Waals surface area contributed by atoms with Gasteiger partial charge in [0, 0.05) is 24.3 Å². The van der Waals surface area contributed by atoms with Crippen molar-refractivity contribution in [1.82, 2.24) is 4.90 Å². The number of piperidine rings is 1. The second-order valence-corrected chi connectivity index (χ2v) is 6.04. The third-order valence-corrected chi connectivity index (χ3v) is 4.35. The molecule has 138 valence electrons. The van der Waals surface area contributed by atoms with Gasteiger partial charge in [0.25, 0.3) is 0 Å². The summed E-state index contributed by atoms with van der Waals surface area (Å²) < 4.78 is 11.1. The quantitative estimate of drug-likeness (QED) is 0.802. The fraction of sp³-hybridized carbons (Fsp3) is 0.579. The van der Waals surface area contributed by atoms with E-state index < -0.39 is 11.8 Å². The van der Waals surface area contributed by atoms with Gasteiger partial charge in [-0.2, -0.15) is 0 Å². The molecule has 2 amide bonds. The maximum absolute atomic E-state index is 12.5. The Labute approximate surface area is 149 Å². The number of nitrogens with zero attached hydrogens (tertiary/aromatic N) is 1. The van der Waals surface area contributed by atoms with Crippen LogP contribution in [-0.4, -0.2) is 42.5 Å². The van der Waals surface area contributed by atoms with E-state index in [1.807, 2.05) is 13.8 Å². The van der Waals surface area contributed by atoms with Crippen molar-refractivity contribution in [3.63, 3.8) is 0 Å². The highest BCUT2D eigenvalue weighted by atomic mass is 16.5. The van der Waals surface area contributed by atoms with Crippen LogP contribution in [0, 0.1) is 0 Å². The molecule has 0 aliphatic carbocycles. The summed E-state index contributed by atoms with van der Waals surface area (Å²) in [7, 11) is 0. The van der Waals surface area contributed by atoms with Gasteiger partial charge in [-0.15, -0.1) is 0 Å². The molecular weight excluding hydrogens is 320 g/mol. The van der Waals surface area contributed by atoms with Gasteiger partial charge >= 0.3 is 11.8 Å². The van der Waals surface area contributed by atoms with E-state index in [1.165, 1.54) is 0 Å². The molecule has 0 radical (unpaired) electrons. The Morgan fingerprint density at radius 1 is 1.12 bits per heavy atom. The van der Waals surface area contributed by atoms with Gasteiger partial charge in [-0.05, 0) is 51.7 Å². The van der Waals surface area contributed by atoms with Gasteiger partial charge in [-0.1, -0.05) is 6.92 Å². The molecule has 1 heterocycles. The second-order valence-electron chi connectivity index (χ2n) is 6.04. The van der Waals surface area contributed by atoms with E-state index in [9.17, 15) is 9.59 Å². The average Bonchev–Trinajstić information content (AvgIpc) is 2.63. The van der Waals surface area contributed by atoms with E-state index in [0.717, 1.165) is 25.7 Å². The van der Waals surface area contributed by atoms with Crippen molar-refractivity contribution in [3.05, 3.63) is 18.2 Å². The van der Waals surface area contributed by atoms with Crippen LogP contribution in [0.3, 0.4) is 0 Å². The minimum absolute atomic E-state index is 0.159. The van der Waals surface area contributed by atoms with Crippen molar-refractivity contribution < 1.29 is 19.1 Å².